The molecule has 0 heterocycles. The Morgan fingerprint density at radius 3 is 2.21 bits per heavy atom. The molecule has 108 valence electrons. The van der Waals surface area contributed by atoms with Gasteiger partial charge in [0.25, 0.3) is 0 Å². The summed E-state index contributed by atoms with van der Waals surface area (Å²) in [5.41, 5.74) is -0.958. The van der Waals surface area contributed by atoms with Gasteiger partial charge in [-0.2, -0.15) is 0 Å². The molecule has 3 unspecified atom stereocenters. The minimum Gasteiger partial charge on any atom is -0.390 e. The zero-order valence-corrected chi connectivity index (χ0v) is 12.1. The van der Waals surface area contributed by atoms with E-state index in [0.717, 1.165) is 5.57 Å². The molecule has 1 aliphatic carbocycles. The van der Waals surface area contributed by atoms with Crippen molar-refractivity contribution in [2.24, 2.45) is 0 Å². The molecular weight excluding hydrogens is 244 g/mol. The Kier molecular flexibility index (Phi) is 4.72. The summed E-state index contributed by atoms with van der Waals surface area (Å²) in [6.45, 7) is 6.91. The number of hydrogen-bond acceptors (Lipinski definition) is 4. The maximum atomic E-state index is 11.7. The fourth-order valence-electron chi connectivity index (χ4n) is 2.30. The van der Waals surface area contributed by atoms with Gasteiger partial charge in [-0.05, 0) is 58.3 Å². The number of aliphatic hydroxyl groups excluding tert-OH is 1. The lowest BCUT2D eigenvalue weighted by Crippen LogP contribution is -2.51. The Balaban J connectivity index is 2.88. The van der Waals surface area contributed by atoms with Crippen molar-refractivity contribution in [3.63, 3.8) is 0 Å². The van der Waals surface area contributed by atoms with Gasteiger partial charge in [-0.25, -0.2) is 0 Å². The minimum atomic E-state index is -1.22. The fraction of sp³-hybridized carbons (Fsp3) is 0.667. The van der Waals surface area contributed by atoms with Crippen molar-refractivity contribution in [2.75, 3.05) is 0 Å². The number of hydrogen-bond donors (Lipinski definition) is 3. The third-order valence-corrected chi connectivity index (χ3v) is 3.82. The molecule has 4 heteroatoms. The molecule has 0 amide bonds. The van der Waals surface area contributed by atoms with Crippen LogP contribution in [0.5, 0.6) is 0 Å². The second kappa shape index (κ2) is 5.57. The maximum absolute atomic E-state index is 11.7. The predicted molar refractivity (Wildman–Crippen MR) is 73.6 cm³/mol. The molecule has 1 rings (SSSR count). The van der Waals surface area contributed by atoms with Crippen molar-refractivity contribution >= 4 is 5.78 Å². The van der Waals surface area contributed by atoms with Crippen LogP contribution in [-0.2, 0) is 4.79 Å². The van der Waals surface area contributed by atoms with Gasteiger partial charge in [0.15, 0.2) is 5.78 Å². The van der Waals surface area contributed by atoms with Crippen molar-refractivity contribution in [3.8, 4) is 0 Å². The van der Waals surface area contributed by atoms with Crippen LogP contribution in [0.1, 0.15) is 47.0 Å². The molecule has 0 aromatic carbocycles. The zero-order valence-electron chi connectivity index (χ0n) is 12.1. The van der Waals surface area contributed by atoms with E-state index in [4.69, 9.17) is 0 Å². The molecule has 0 spiro atoms. The summed E-state index contributed by atoms with van der Waals surface area (Å²) in [5, 5.41) is 30.3. The molecule has 3 atom stereocenters. The van der Waals surface area contributed by atoms with E-state index in [0.29, 0.717) is 18.4 Å². The van der Waals surface area contributed by atoms with E-state index in [2.05, 4.69) is 0 Å². The normalized spacial score (nSPS) is 35.9. The molecule has 0 bridgehead atoms. The molecular formula is C15H24O4. The second-order valence-corrected chi connectivity index (χ2v) is 6.06. The SMILES string of the molecule is CC(C)=CC(=O)C=C(C)C1(O)CCC(C)(O)C(O)C1. The fourth-order valence-corrected chi connectivity index (χ4v) is 2.30. The van der Waals surface area contributed by atoms with Gasteiger partial charge in [0.2, 0.25) is 0 Å². The van der Waals surface area contributed by atoms with Crippen LogP contribution in [0.3, 0.4) is 0 Å². The van der Waals surface area contributed by atoms with E-state index in [1.807, 2.05) is 13.8 Å². The number of rotatable bonds is 3. The molecule has 1 aliphatic rings. The molecule has 0 aromatic rings. The van der Waals surface area contributed by atoms with Crippen LogP contribution in [0.2, 0.25) is 0 Å². The van der Waals surface area contributed by atoms with Crippen LogP contribution < -0.4 is 0 Å². The van der Waals surface area contributed by atoms with Crippen LogP contribution in [0.15, 0.2) is 23.3 Å². The van der Waals surface area contributed by atoms with Gasteiger partial charge in [-0.1, -0.05) is 5.57 Å². The van der Waals surface area contributed by atoms with Crippen LogP contribution in [-0.4, -0.2) is 38.4 Å². The van der Waals surface area contributed by atoms with Gasteiger partial charge >= 0.3 is 0 Å². The lowest BCUT2D eigenvalue weighted by atomic mass is 9.72. The summed E-state index contributed by atoms with van der Waals surface area (Å²) in [4.78, 5) is 11.7. The summed E-state index contributed by atoms with van der Waals surface area (Å²) >= 11 is 0. The Morgan fingerprint density at radius 2 is 1.74 bits per heavy atom. The number of aliphatic hydroxyl groups is 3. The average molecular weight is 268 g/mol. The molecule has 0 aromatic heterocycles. The number of allylic oxidation sites excluding steroid dienone is 3. The van der Waals surface area contributed by atoms with Crippen LogP contribution in [0, 0.1) is 0 Å². The third kappa shape index (κ3) is 4.00. The standard InChI is InChI=1S/C15H24O4/c1-10(2)7-12(16)8-11(3)15(19)6-5-14(4,18)13(17)9-15/h7-8,13,17-19H,5-6,9H2,1-4H3. The monoisotopic (exact) mass is 268 g/mol. The minimum absolute atomic E-state index is 0.0461. The summed E-state index contributed by atoms with van der Waals surface area (Å²) in [6.07, 6.45) is 2.59. The lowest BCUT2D eigenvalue weighted by Gasteiger charge is -2.43. The zero-order chi connectivity index (χ0) is 14.8. The van der Waals surface area contributed by atoms with Gasteiger partial charge in [-0.3, -0.25) is 4.79 Å². The predicted octanol–water partition coefficient (Wildman–Crippen LogP) is 1.49. The van der Waals surface area contributed by atoms with Crippen LogP contribution >= 0.6 is 0 Å². The molecule has 0 saturated heterocycles. The van der Waals surface area contributed by atoms with E-state index in [1.54, 1.807) is 13.8 Å². The average Bonchev–Trinajstić information content (AvgIpc) is 2.23. The lowest BCUT2D eigenvalue weighted by molar-refractivity contribution is -0.136. The molecule has 0 aliphatic heterocycles. The van der Waals surface area contributed by atoms with Gasteiger partial charge in [0, 0.05) is 6.42 Å². The highest BCUT2D eigenvalue weighted by atomic mass is 16.3. The number of carbonyl (C=O) groups excluding carboxylic acids is 1. The van der Waals surface area contributed by atoms with E-state index < -0.39 is 17.3 Å². The van der Waals surface area contributed by atoms with Crippen molar-refractivity contribution in [1.82, 2.24) is 0 Å². The van der Waals surface area contributed by atoms with E-state index in [1.165, 1.54) is 12.2 Å². The molecule has 0 radical (unpaired) electrons. The smallest absolute Gasteiger partial charge is 0.178 e. The first-order valence-corrected chi connectivity index (χ1v) is 6.57. The van der Waals surface area contributed by atoms with Gasteiger partial charge < -0.3 is 15.3 Å². The maximum Gasteiger partial charge on any atom is 0.178 e. The second-order valence-electron chi connectivity index (χ2n) is 6.06. The highest BCUT2D eigenvalue weighted by molar-refractivity contribution is 6.00. The van der Waals surface area contributed by atoms with Crippen molar-refractivity contribution < 1.29 is 20.1 Å². The first-order valence-electron chi connectivity index (χ1n) is 6.57. The van der Waals surface area contributed by atoms with Gasteiger partial charge in [0.05, 0.1) is 17.3 Å². The number of carbonyl (C=O) groups is 1. The Labute approximate surface area is 114 Å². The Morgan fingerprint density at radius 1 is 1.16 bits per heavy atom. The summed E-state index contributed by atoms with van der Waals surface area (Å²) in [5.74, 6) is -0.169. The Hall–Kier alpha value is -0.970. The van der Waals surface area contributed by atoms with Crippen LogP contribution in [0.25, 0.3) is 0 Å². The van der Waals surface area contributed by atoms with Crippen molar-refractivity contribution in [3.05, 3.63) is 23.3 Å². The molecule has 1 saturated carbocycles. The molecule has 4 nitrogen and oxygen atoms in total. The Bertz CT molecular complexity index is 416. The quantitative estimate of drug-likeness (QED) is 0.678. The highest BCUT2D eigenvalue weighted by Crippen LogP contribution is 2.38. The highest BCUT2D eigenvalue weighted by Gasteiger charge is 2.45. The van der Waals surface area contributed by atoms with Gasteiger partial charge in [-0.15, -0.1) is 0 Å². The molecule has 1 fully saturated rings. The van der Waals surface area contributed by atoms with E-state index >= 15 is 0 Å². The first kappa shape index (κ1) is 16.1. The summed E-state index contributed by atoms with van der Waals surface area (Å²) in [6, 6.07) is 0. The van der Waals surface area contributed by atoms with E-state index in [9.17, 15) is 20.1 Å². The summed E-state index contributed by atoms with van der Waals surface area (Å²) < 4.78 is 0. The molecule has 3 N–H and O–H groups in total. The van der Waals surface area contributed by atoms with Crippen molar-refractivity contribution in [1.29, 1.82) is 0 Å². The first-order chi connectivity index (χ1) is 8.57. The summed E-state index contributed by atoms with van der Waals surface area (Å²) in [7, 11) is 0. The third-order valence-electron chi connectivity index (χ3n) is 3.82. The largest absolute Gasteiger partial charge is 0.390 e. The van der Waals surface area contributed by atoms with Gasteiger partial charge in [0.1, 0.15) is 0 Å². The van der Waals surface area contributed by atoms with Crippen LogP contribution in [0.4, 0.5) is 0 Å². The molecule has 19 heavy (non-hydrogen) atoms. The van der Waals surface area contributed by atoms with Crippen molar-refractivity contribution in [2.45, 2.75) is 64.3 Å². The topological polar surface area (TPSA) is 77.8 Å². The number of ketones is 1. The van der Waals surface area contributed by atoms with E-state index in [-0.39, 0.29) is 12.2 Å².